The van der Waals surface area contributed by atoms with E-state index in [1.54, 1.807) is 11.1 Å². The summed E-state index contributed by atoms with van der Waals surface area (Å²) in [5, 5.41) is 0. The Kier molecular flexibility index (Phi) is 4.45. The third-order valence-electron chi connectivity index (χ3n) is 5.35. The smallest absolute Gasteiger partial charge is 0.232 e. The molecule has 0 spiro atoms. The predicted octanol–water partition coefficient (Wildman–Crippen LogP) is 2.98. The van der Waals surface area contributed by atoms with Crippen molar-refractivity contribution in [1.29, 1.82) is 0 Å². The van der Waals surface area contributed by atoms with Gasteiger partial charge in [0, 0.05) is 31.4 Å². The van der Waals surface area contributed by atoms with Crippen LogP contribution in [0.25, 0.3) is 0 Å². The number of carbonyl (C=O) groups is 2. The van der Waals surface area contributed by atoms with Crippen molar-refractivity contribution in [2.75, 3.05) is 22.9 Å². The van der Waals surface area contributed by atoms with Crippen molar-refractivity contribution in [3.8, 4) is 0 Å². The van der Waals surface area contributed by atoms with Gasteiger partial charge in [0.2, 0.25) is 11.8 Å². The van der Waals surface area contributed by atoms with Crippen molar-refractivity contribution in [3.63, 3.8) is 0 Å². The summed E-state index contributed by atoms with van der Waals surface area (Å²) in [6.45, 7) is 3.26. The SMILES string of the molecule is CCc1ccc(N2C[C@H](C(=O)N3CCCc4ncccc43)CC2=O)cc1. The maximum absolute atomic E-state index is 13.1. The molecule has 2 aliphatic rings. The van der Waals surface area contributed by atoms with E-state index in [4.69, 9.17) is 0 Å². The van der Waals surface area contributed by atoms with E-state index >= 15 is 0 Å². The number of benzene rings is 1. The van der Waals surface area contributed by atoms with Gasteiger partial charge in [-0.3, -0.25) is 14.6 Å². The van der Waals surface area contributed by atoms with Gasteiger partial charge in [-0.2, -0.15) is 0 Å². The molecule has 1 fully saturated rings. The standard InChI is InChI=1S/C21H23N3O2/c1-2-15-7-9-17(10-8-15)24-14-16(13-20(24)25)21(26)23-12-4-5-18-19(23)6-3-11-22-18/h3,6-11,16H,2,4-5,12-14H2,1H3/t16-/m1/s1. The maximum atomic E-state index is 13.1. The van der Waals surface area contributed by atoms with Crippen molar-refractivity contribution in [3.05, 3.63) is 53.9 Å². The number of amides is 2. The van der Waals surface area contributed by atoms with Gasteiger partial charge >= 0.3 is 0 Å². The van der Waals surface area contributed by atoms with Crippen molar-refractivity contribution >= 4 is 23.2 Å². The van der Waals surface area contributed by atoms with E-state index in [9.17, 15) is 9.59 Å². The summed E-state index contributed by atoms with van der Waals surface area (Å²) in [5.41, 5.74) is 4.00. The van der Waals surface area contributed by atoms with Crippen molar-refractivity contribution in [2.24, 2.45) is 5.92 Å². The van der Waals surface area contributed by atoms with E-state index in [1.165, 1.54) is 5.56 Å². The third-order valence-corrected chi connectivity index (χ3v) is 5.35. The molecule has 5 heteroatoms. The molecule has 1 atom stereocenters. The summed E-state index contributed by atoms with van der Waals surface area (Å²) in [4.78, 5) is 33.6. The Morgan fingerprint density at radius 2 is 2.04 bits per heavy atom. The van der Waals surface area contributed by atoms with Gasteiger partial charge < -0.3 is 9.80 Å². The minimum absolute atomic E-state index is 0.0241. The number of aromatic nitrogens is 1. The fraction of sp³-hybridized carbons (Fsp3) is 0.381. The van der Waals surface area contributed by atoms with E-state index < -0.39 is 0 Å². The first kappa shape index (κ1) is 16.8. The molecular formula is C21H23N3O2. The Bertz CT molecular complexity index is 831. The van der Waals surface area contributed by atoms with Crippen LogP contribution >= 0.6 is 0 Å². The van der Waals surface area contributed by atoms with E-state index in [2.05, 4.69) is 11.9 Å². The fourth-order valence-corrected chi connectivity index (χ4v) is 3.88. The van der Waals surface area contributed by atoms with E-state index in [-0.39, 0.29) is 24.2 Å². The van der Waals surface area contributed by atoms with Crippen LogP contribution in [0, 0.1) is 5.92 Å². The quantitative estimate of drug-likeness (QED) is 0.856. The zero-order valence-electron chi connectivity index (χ0n) is 15.0. The molecule has 0 aliphatic carbocycles. The highest BCUT2D eigenvalue weighted by molar-refractivity contribution is 6.04. The second-order valence-electron chi connectivity index (χ2n) is 6.99. The minimum atomic E-state index is -0.292. The molecule has 2 aromatic rings. The van der Waals surface area contributed by atoms with Crippen LogP contribution in [0.1, 0.15) is 31.0 Å². The van der Waals surface area contributed by atoms with Crippen LogP contribution in [0.2, 0.25) is 0 Å². The first-order valence-corrected chi connectivity index (χ1v) is 9.32. The summed E-state index contributed by atoms with van der Waals surface area (Å²) in [6.07, 6.45) is 4.84. The summed E-state index contributed by atoms with van der Waals surface area (Å²) >= 11 is 0. The molecule has 4 rings (SSSR count). The predicted molar refractivity (Wildman–Crippen MR) is 101 cm³/mol. The molecule has 0 bridgehead atoms. The van der Waals surface area contributed by atoms with Crippen LogP contribution in [-0.2, 0) is 22.4 Å². The van der Waals surface area contributed by atoms with Crippen LogP contribution in [0.5, 0.6) is 0 Å². The first-order valence-electron chi connectivity index (χ1n) is 9.32. The number of fused-ring (bicyclic) bond motifs is 1. The Morgan fingerprint density at radius 3 is 2.81 bits per heavy atom. The van der Waals surface area contributed by atoms with Crippen LogP contribution < -0.4 is 9.80 Å². The van der Waals surface area contributed by atoms with Crippen LogP contribution in [0.3, 0.4) is 0 Å². The molecule has 2 amide bonds. The van der Waals surface area contributed by atoms with E-state index in [0.717, 1.165) is 36.3 Å². The molecule has 26 heavy (non-hydrogen) atoms. The van der Waals surface area contributed by atoms with Crippen LogP contribution in [0.15, 0.2) is 42.6 Å². The topological polar surface area (TPSA) is 53.5 Å². The number of hydrogen-bond acceptors (Lipinski definition) is 3. The largest absolute Gasteiger partial charge is 0.312 e. The molecule has 0 radical (unpaired) electrons. The molecule has 134 valence electrons. The molecule has 3 heterocycles. The number of pyridine rings is 1. The number of aryl methyl sites for hydroxylation is 2. The lowest BCUT2D eigenvalue weighted by Crippen LogP contribution is -2.40. The second kappa shape index (κ2) is 6.90. The highest BCUT2D eigenvalue weighted by atomic mass is 16.2. The monoisotopic (exact) mass is 349 g/mol. The van der Waals surface area contributed by atoms with Crippen molar-refractivity contribution < 1.29 is 9.59 Å². The summed E-state index contributed by atoms with van der Waals surface area (Å²) < 4.78 is 0. The summed E-state index contributed by atoms with van der Waals surface area (Å²) in [7, 11) is 0. The second-order valence-corrected chi connectivity index (χ2v) is 6.99. The average Bonchev–Trinajstić information content (AvgIpc) is 3.08. The Hall–Kier alpha value is -2.69. The number of rotatable bonds is 3. The lowest BCUT2D eigenvalue weighted by atomic mass is 10.0. The van der Waals surface area contributed by atoms with Crippen LogP contribution in [-0.4, -0.2) is 29.9 Å². The molecule has 0 unspecified atom stereocenters. The maximum Gasteiger partial charge on any atom is 0.232 e. The van der Waals surface area contributed by atoms with Gasteiger partial charge in [0.25, 0.3) is 0 Å². The molecule has 0 N–H and O–H groups in total. The highest BCUT2D eigenvalue weighted by Crippen LogP contribution is 2.31. The molecule has 1 aromatic heterocycles. The summed E-state index contributed by atoms with van der Waals surface area (Å²) in [6, 6.07) is 11.9. The van der Waals surface area contributed by atoms with Crippen molar-refractivity contribution in [2.45, 2.75) is 32.6 Å². The Labute approximate surface area is 153 Å². The highest BCUT2D eigenvalue weighted by Gasteiger charge is 2.38. The molecule has 1 saturated heterocycles. The van der Waals surface area contributed by atoms with E-state index in [1.807, 2.05) is 41.3 Å². The number of nitrogens with zero attached hydrogens (tertiary/aromatic N) is 3. The van der Waals surface area contributed by atoms with Crippen molar-refractivity contribution in [1.82, 2.24) is 4.98 Å². The molecule has 5 nitrogen and oxygen atoms in total. The minimum Gasteiger partial charge on any atom is -0.312 e. The Morgan fingerprint density at radius 1 is 1.23 bits per heavy atom. The number of carbonyl (C=O) groups excluding carboxylic acids is 2. The molecule has 2 aliphatic heterocycles. The fourth-order valence-electron chi connectivity index (χ4n) is 3.88. The van der Waals surface area contributed by atoms with Crippen LogP contribution in [0.4, 0.5) is 11.4 Å². The van der Waals surface area contributed by atoms with Gasteiger partial charge in [-0.05, 0) is 49.1 Å². The molecular weight excluding hydrogens is 326 g/mol. The Balaban J connectivity index is 1.52. The van der Waals surface area contributed by atoms with Gasteiger partial charge in [-0.1, -0.05) is 19.1 Å². The number of anilines is 2. The van der Waals surface area contributed by atoms with Gasteiger partial charge in [0.1, 0.15) is 0 Å². The summed E-state index contributed by atoms with van der Waals surface area (Å²) in [5.74, 6) is -0.226. The lowest BCUT2D eigenvalue weighted by Gasteiger charge is -2.30. The van der Waals surface area contributed by atoms with Gasteiger partial charge in [0.05, 0.1) is 17.3 Å². The van der Waals surface area contributed by atoms with Gasteiger partial charge in [-0.25, -0.2) is 0 Å². The lowest BCUT2D eigenvalue weighted by molar-refractivity contribution is -0.124. The van der Waals surface area contributed by atoms with Gasteiger partial charge in [0.15, 0.2) is 0 Å². The molecule has 0 saturated carbocycles. The molecule has 1 aromatic carbocycles. The zero-order valence-corrected chi connectivity index (χ0v) is 15.0. The first-order chi connectivity index (χ1) is 12.7. The number of hydrogen-bond donors (Lipinski definition) is 0. The van der Waals surface area contributed by atoms with Gasteiger partial charge in [-0.15, -0.1) is 0 Å². The third kappa shape index (κ3) is 2.98. The zero-order chi connectivity index (χ0) is 18.1. The van der Waals surface area contributed by atoms with E-state index in [0.29, 0.717) is 13.1 Å². The normalized spacial score (nSPS) is 19.6. The average molecular weight is 349 g/mol.